The van der Waals surface area contributed by atoms with Crippen molar-refractivity contribution < 1.29 is 23.9 Å². The predicted octanol–water partition coefficient (Wildman–Crippen LogP) is 4.36. The summed E-state index contributed by atoms with van der Waals surface area (Å²) in [6.07, 6.45) is 8.27. The van der Waals surface area contributed by atoms with Gasteiger partial charge in [-0.3, -0.25) is 19.3 Å². The summed E-state index contributed by atoms with van der Waals surface area (Å²) < 4.78 is 10.7. The van der Waals surface area contributed by atoms with E-state index >= 15 is 0 Å². The van der Waals surface area contributed by atoms with Gasteiger partial charge in [-0.15, -0.1) is 6.58 Å². The maximum Gasteiger partial charge on any atom is 0.243 e. The first kappa shape index (κ1) is 32.8. The molecule has 3 atom stereocenters. The maximum atomic E-state index is 13.7. The molecule has 0 aliphatic carbocycles. The van der Waals surface area contributed by atoms with Gasteiger partial charge in [0.1, 0.15) is 11.8 Å². The van der Waals surface area contributed by atoms with Gasteiger partial charge in [-0.2, -0.15) is 0 Å². The minimum atomic E-state index is -0.774. The highest BCUT2D eigenvalue weighted by molar-refractivity contribution is 5.98. The SMILES string of the molecule is C=CCOC/C=C/[C@@H](NC(=O)[C@H](Cc1ccccc1)NC(=O)C1CCCCN1CC(=O)c1cccc(OC)c1)C(C)C. The van der Waals surface area contributed by atoms with Crippen LogP contribution in [0.3, 0.4) is 0 Å². The summed E-state index contributed by atoms with van der Waals surface area (Å²) in [4.78, 5) is 42.4. The van der Waals surface area contributed by atoms with Gasteiger partial charge in [0.25, 0.3) is 0 Å². The van der Waals surface area contributed by atoms with E-state index in [1.165, 1.54) is 0 Å². The topological polar surface area (TPSA) is 97.0 Å². The number of nitrogens with one attached hydrogen (secondary N) is 2. The van der Waals surface area contributed by atoms with Crippen LogP contribution in [0.4, 0.5) is 0 Å². The van der Waals surface area contributed by atoms with Gasteiger partial charge in [0, 0.05) is 18.0 Å². The van der Waals surface area contributed by atoms with Crippen LogP contribution < -0.4 is 15.4 Å². The fourth-order valence-corrected chi connectivity index (χ4v) is 5.00. The first-order valence-electron chi connectivity index (χ1n) is 14.7. The van der Waals surface area contributed by atoms with Crippen molar-refractivity contribution in [3.05, 3.63) is 90.5 Å². The van der Waals surface area contributed by atoms with Crippen molar-refractivity contribution in [3.8, 4) is 5.75 Å². The molecule has 1 heterocycles. The monoisotopic (exact) mass is 575 g/mol. The van der Waals surface area contributed by atoms with Crippen LogP contribution in [0.25, 0.3) is 0 Å². The van der Waals surface area contributed by atoms with Crippen LogP contribution in [-0.4, -0.2) is 74.0 Å². The molecule has 1 saturated heterocycles. The number of hydrogen-bond donors (Lipinski definition) is 2. The van der Waals surface area contributed by atoms with Gasteiger partial charge in [0.2, 0.25) is 11.8 Å². The quantitative estimate of drug-likeness (QED) is 0.175. The van der Waals surface area contributed by atoms with Gasteiger partial charge in [-0.05, 0) is 43.0 Å². The molecule has 2 aromatic carbocycles. The predicted molar refractivity (Wildman–Crippen MR) is 166 cm³/mol. The first-order valence-corrected chi connectivity index (χ1v) is 14.7. The molecule has 1 fully saturated rings. The van der Waals surface area contributed by atoms with Crippen molar-refractivity contribution in [2.24, 2.45) is 5.92 Å². The molecule has 8 nitrogen and oxygen atoms in total. The van der Waals surface area contributed by atoms with Crippen LogP contribution in [0, 0.1) is 5.92 Å². The Labute approximate surface area is 250 Å². The Morgan fingerprint density at radius 1 is 1.05 bits per heavy atom. The number of piperidine rings is 1. The Morgan fingerprint density at radius 2 is 1.83 bits per heavy atom. The summed E-state index contributed by atoms with van der Waals surface area (Å²) in [6.45, 7) is 9.34. The summed E-state index contributed by atoms with van der Waals surface area (Å²) in [5, 5.41) is 6.16. The highest BCUT2D eigenvalue weighted by Crippen LogP contribution is 2.20. The minimum absolute atomic E-state index is 0.0733. The van der Waals surface area contributed by atoms with Gasteiger partial charge in [0.05, 0.1) is 32.9 Å². The Morgan fingerprint density at radius 3 is 2.55 bits per heavy atom. The van der Waals surface area contributed by atoms with Gasteiger partial charge >= 0.3 is 0 Å². The highest BCUT2D eigenvalue weighted by atomic mass is 16.5. The molecule has 0 saturated carbocycles. The van der Waals surface area contributed by atoms with E-state index in [4.69, 9.17) is 9.47 Å². The van der Waals surface area contributed by atoms with E-state index in [-0.39, 0.29) is 36.1 Å². The second-order valence-corrected chi connectivity index (χ2v) is 10.9. The number of nitrogens with zero attached hydrogens (tertiary/aromatic N) is 1. The zero-order valence-corrected chi connectivity index (χ0v) is 25.1. The van der Waals surface area contributed by atoms with Crippen molar-refractivity contribution in [3.63, 3.8) is 0 Å². The van der Waals surface area contributed by atoms with Crippen LogP contribution in [0.2, 0.25) is 0 Å². The molecule has 3 rings (SSSR count). The van der Waals surface area contributed by atoms with Crippen molar-refractivity contribution in [1.29, 1.82) is 0 Å². The third-order valence-corrected chi connectivity index (χ3v) is 7.39. The fraction of sp³-hybridized carbons (Fsp3) is 0.441. The Balaban J connectivity index is 1.73. The summed E-state index contributed by atoms with van der Waals surface area (Å²) in [5.74, 6) is 0.184. The fourth-order valence-electron chi connectivity index (χ4n) is 5.00. The van der Waals surface area contributed by atoms with Crippen LogP contribution in [-0.2, 0) is 20.7 Å². The van der Waals surface area contributed by atoms with Gasteiger partial charge in [-0.25, -0.2) is 0 Å². The number of carbonyl (C=O) groups excluding carboxylic acids is 3. The second-order valence-electron chi connectivity index (χ2n) is 10.9. The van der Waals surface area contributed by atoms with Crippen molar-refractivity contribution in [2.45, 2.75) is 57.7 Å². The van der Waals surface area contributed by atoms with E-state index in [0.29, 0.717) is 43.9 Å². The summed E-state index contributed by atoms with van der Waals surface area (Å²) >= 11 is 0. The van der Waals surface area contributed by atoms with Gasteiger partial charge in [-0.1, -0.05) is 81.0 Å². The van der Waals surface area contributed by atoms with Crippen LogP contribution in [0.1, 0.15) is 49.0 Å². The maximum absolute atomic E-state index is 13.7. The second kappa shape index (κ2) is 17.3. The number of methoxy groups -OCH3 is 1. The first-order chi connectivity index (χ1) is 20.3. The van der Waals surface area contributed by atoms with Crippen molar-refractivity contribution >= 4 is 17.6 Å². The van der Waals surface area contributed by atoms with E-state index in [0.717, 1.165) is 18.4 Å². The zero-order valence-electron chi connectivity index (χ0n) is 25.1. The number of amides is 2. The summed E-state index contributed by atoms with van der Waals surface area (Å²) in [7, 11) is 1.56. The number of likely N-dealkylation sites (tertiary alicyclic amines) is 1. The largest absolute Gasteiger partial charge is 0.497 e. The Kier molecular flexibility index (Phi) is 13.5. The highest BCUT2D eigenvalue weighted by Gasteiger charge is 2.33. The van der Waals surface area contributed by atoms with E-state index in [1.54, 1.807) is 37.5 Å². The molecule has 2 aromatic rings. The lowest BCUT2D eigenvalue weighted by molar-refractivity contribution is -0.133. The van der Waals surface area contributed by atoms with E-state index in [1.807, 2.05) is 61.2 Å². The Bertz CT molecular complexity index is 1200. The molecule has 1 aliphatic heterocycles. The normalized spacial score (nSPS) is 17.0. The molecule has 0 radical (unpaired) electrons. The van der Waals surface area contributed by atoms with Crippen molar-refractivity contribution in [2.75, 3.05) is 33.4 Å². The number of ketones is 1. The van der Waals surface area contributed by atoms with Crippen molar-refractivity contribution in [1.82, 2.24) is 15.5 Å². The Hall–Kier alpha value is -3.75. The summed E-state index contributed by atoms with van der Waals surface area (Å²) in [5.41, 5.74) is 1.49. The molecular weight excluding hydrogens is 530 g/mol. The number of benzene rings is 2. The molecule has 1 aliphatic rings. The third kappa shape index (κ3) is 10.3. The molecule has 1 unspecified atom stereocenters. The molecule has 2 N–H and O–H groups in total. The zero-order chi connectivity index (χ0) is 30.3. The van der Waals surface area contributed by atoms with Gasteiger partial charge < -0.3 is 20.1 Å². The number of ether oxygens (including phenoxy) is 2. The molecule has 2 amide bonds. The smallest absolute Gasteiger partial charge is 0.243 e. The molecule has 0 aromatic heterocycles. The molecular formula is C34H45N3O5. The van der Waals surface area contributed by atoms with E-state index in [2.05, 4.69) is 17.2 Å². The average Bonchev–Trinajstić information content (AvgIpc) is 3.00. The molecule has 226 valence electrons. The average molecular weight is 576 g/mol. The van der Waals surface area contributed by atoms with Crippen LogP contribution in [0.5, 0.6) is 5.75 Å². The number of rotatable bonds is 16. The summed E-state index contributed by atoms with van der Waals surface area (Å²) in [6, 6.07) is 15.2. The van der Waals surface area contributed by atoms with Crippen LogP contribution in [0.15, 0.2) is 79.4 Å². The molecule has 42 heavy (non-hydrogen) atoms. The molecule has 0 spiro atoms. The molecule has 8 heteroatoms. The van der Waals surface area contributed by atoms with E-state index in [9.17, 15) is 14.4 Å². The number of hydrogen-bond acceptors (Lipinski definition) is 6. The lowest BCUT2D eigenvalue weighted by Gasteiger charge is -2.35. The van der Waals surface area contributed by atoms with Gasteiger partial charge in [0.15, 0.2) is 5.78 Å². The molecule has 0 bridgehead atoms. The lowest BCUT2D eigenvalue weighted by atomic mass is 9.98. The number of carbonyl (C=O) groups is 3. The standard InChI is InChI=1S/C34H45N3O5/c1-5-20-42-21-12-17-29(25(2)3)35-33(39)30(22-26-13-7-6-8-14-26)36-34(40)31-18-9-10-19-37(31)24-32(38)27-15-11-16-28(23-27)41-4/h5-8,11-17,23,25,29-31H,1,9-10,18-22,24H2,2-4H3,(H,35,39)(H,36,40)/b17-12+/t29-,30+,31?/m1/s1. The lowest BCUT2D eigenvalue weighted by Crippen LogP contribution is -2.57. The minimum Gasteiger partial charge on any atom is -0.497 e. The number of Topliss-reactive ketones (excluding diaryl/α,β-unsaturated/α-hetero) is 1. The van der Waals surface area contributed by atoms with E-state index < -0.39 is 12.1 Å². The van der Waals surface area contributed by atoms with Crippen LogP contribution >= 0.6 is 0 Å². The third-order valence-electron chi connectivity index (χ3n) is 7.39.